The summed E-state index contributed by atoms with van der Waals surface area (Å²) in [6, 6.07) is 1.68. The van der Waals surface area contributed by atoms with Crippen LogP contribution in [-0.4, -0.2) is 53.0 Å². The maximum Gasteiger partial charge on any atom is 0.278 e. The molecule has 0 aromatic carbocycles. The van der Waals surface area contributed by atoms with Gasteiger partial charge in [-0.3, -0.25) is 9.69 Å². The van der Waals surface area contributed by atoms with Crippen molar-refractivity contribution in [3.63, 3.8) is 0 Å². The molecule has 0 radical (unpaired) electrons. The summed E-state index contributed by atoms with van der Waals surface area (Å²) in [7, 11) is 0. The van der Waals surface area contributed by atoms with E-state index in [-0.39, 0.29) is 12.4 Å². The third kappa shape index (κ3) is 7.46. The van der Waals surface area contributed by atoms with Crippen LogP contribution in [0.15, 0.2) is 10.6 Å². The molecule has 1 aliphatic carbocycles. The highest BCUT2D eigenvalue weighted by Crippen LogP contribution is 2.34. The molecule has 0 spiro atoms. The first kappa shape index (κ1) is 25.0. The highest BCUT2D eigenvalue weighted by atomic mass is 32.1. The minimum absolute atomic E-state index is 0.0487. The predicted molar refractivity (Wildman–Crippen MR) is 124 cm³/mol. The maximum absolute atomic E-state index is 13.0. The molecular weight excluding hydrogens is 464 g/mol. The Bertz CT molecular complexity index is 950. The number of ether oxygens (including phenoxy) is 2. The zero-order valence-electron chi connectivity index (χ0n) is 19.9. The number of rotatable bonds is 11. The summed E-state index contributed by atoms with van der Waals surface area (Å²) in [5.74, 6) is -0.591. The number of carbonyl (C=O) groups excluding carboxylic acids is 1. The quantitative estimate of drug-likeness (QED) is 0.429. The fourth-order valence-corrected chi connectivity index (χ4v) is 5.61. The second-order valence-corrected chi connectivity index (χ2v) is 10.8. The van der Waals surface area contributed by atoms with Crippen LogP contribution in [0.5, 0.6) is 11.1 Å². The number of alkyl halides is 2. The largest absolute Gasteiger partial charge is 0.467 e. The van der Waals surface area contributed by atoms with Gasteiger partial charge in [0.05, 0.1) is 5.69 Å². The molecule has 0 atom stereocenters. The molecule has 2 aliphatic rings. The van der Waals surface area contributed by atoms with E-state index in [9.17, 15) is 13.6 Å². The number of ketones is 1. The molecule has 3 heterocycles. The highest BCUT2D eigenvalue weighted by Gasteiger charge is 2.27. The van der Waals surface area contributed by atoms with Gasteiger partial charge in [0.2, 0.25) is 0 Å². The van der Waals surface area contributed by atoms with Gasteiger partial charge in [0.15, 0.2) is 12.4 Å². The van der Waals surface area contributed by atoms with Crippen molar-refractivity contribution in [2.24, 2.45) is 11.8 Å². The van der Waals surface area contributed by atoms with Gasteiger partial charge in [0.1, 0.15) is 12.4 Å². The first-order chi connectivity index (χ1) is 16.2. The molecule has 4 rings (SSSR count). The number of aromatic nitrogens is 2. The summed E-state index contributed by atoms with van der Waals surface area (Å²) in [4.78, 5) is 20.3. The molecule has 34 heavy (non-hydrogen) atoms. The normalized spacial score (nSPS) is 21.3. The van der Waals surface area contributed by atoms with Crippen LogP contribution in [0.25, 0.3) is 0 Å². The molecule has 1 fully saturated rings. The fraction of sp³-hybridized carbons (Fsp3) is 0.708. The smallest absolute Gasteiger partial charge is 0.278 e. The van der Waals surface area contributed by atoms with Crippen LogP contribution < -0.4 is 9.47 Å². The Balaban J connectivity index is 1.12. The molecule has 0 amide bonds. The molecule has 0 unspecified atom stereocenters. The number of fused-ring (bicyclic) bond motifs is 1. The number of hydrogen-bond donors (Lipinski definition) is 0. The summed E-state index contributed by atoms with van der Waals surface area (Å²) in [5.41, 5.74) is 0.968. The number of thiazole rings is 1. The number of aryl methyl sites for hydroxylation is 1. The molecule has 188 valence electrons. The van der Waals surface area contributed by atoms with Crippen LogP contribution in [0.1, 0.15) is 61.8 Å². The summed E-state index contributed by atoms with van der Waals surface area (Å²) in [5, 5.41) is 4.09. The monoisotopic (exact) mass is 497 g/mol. The Morgan fingerprint density at radius 1 is 1.26 bits per heavy atom. The molecular formula is C24H33F2N3O4S. The lowest BCUT2D eigenvalue weighted by Gasteiger charge is -2.31. The first-order valence-electron chi connectivity index (χ1n) is 12.0. The lowest BCUT2D eigenvalue weighted by atomic mass is 9.78. The molecule has 0 saturated heterocycles. The summed E-state index contributed by atoms with van der Waals surface area (Å²) < 4.78 is 41.6. The van der Waals surface area contributed by atoms with Gasteiger partial charge in [-0.25, -0.2) is 13.8 Å². The third-order valence-corrected chi connectivity index (χ3v) is 7.63. The predicted octanol–water partition coefficient (Wildman–Crippen LogP) is 5.07. The third-order valence-electron chi connectivity index (χ3n) is 6.56. The van der Waals surface area contributed by atoms with Crippen LogP contribution in [0.4, 0.5) is 8.78 Å². The minimum Gasteiger partial charge on any atom is -0.467 e. The van der Waals surface area contributed by atoms with Gasteiger partial charge in [-0.1, -0.05) is 24.2 Å². The number of halogens is 2. The zero-order chi connectivity index (χ0) is 24.1. The van der Waals surface area contributed by atoms with Crippen molar-refractivity contribution in [3.8, 4) is 11.1 Å². The average molecular weight is 498 g/mol. The van der Waals surface area contributed by atoms with Crippen molar-refractivity contribution in [1.29, 1.82) is 0 Å². The molecule has 1 aliphatic heterocycles. The van der Waals surface area contributed by atoms with E-state index >= 15 is 0 Å². The number of carbonyl (C=O) groups is 1. The van der Waals surface area contributed by atoms with E-state index in [1.165, 1.54) is 11.3 Å². The van der Waals surface area contributed by atoms with Crippen molar-refractivity contribution in [1.82, 2.24) is 15.0 Å². The molecule has 2 aromatic heterocycles. The standard InChI is InChI=1S/C24H33F2N3O4S/c1-16-11-22(28-33-16)31-14-19(30)12-18-5-3-17(4-6-18)7-9-29-10-8-21-20(13-29)27-23(34-21)32-15-24(2,25)26/h11,17-18H,3-10,12-15H2,1-2H3. The SMILES string of the molecule is Cc1cc(OCC(=O)CC2CCC(CCN3CCc4sc(OCC(C)(F)F)nc4C3)CC2)no1. The maximum atomic E-state index is 13.0. The second kappa shape index (κ2) is 11.1. The Morgan fingerprint density at radius 2 is 2.03 bits per heavy atom. The van der Waals surface area contributed by atoms with E-state index in [1.54, 1.807) is 13.0 Å². The van der Waals surface area contributed by atoms with Crippen LogP contribution >= 0.6 is 11.3 Å². The summed E-state index contributed by atoms with van der Waals surface area (Å²) in [6.07, 6.45) is 7.07. The van der Waals surface area contributed by atoms with Crippen LogP contribution in [0.3, 0.4) is 0 Å². The van der Waals surface area contributed by atoms with Gasteiger partial charge in [0.25, 0.3) is 17.0 Å². The molecule has 10 heteroatoms. The average Bonchev–Trinajstić information content (AvgIpc) is 3.40. The van der Waals surface area contributed by atoms with Crippen LogP contribution in [0.2, 0.25) is 0 Å². The lowest BCUT2D eigenvalue weighted by Crippen LogP contribution is -2.32. The van der Waals surface area contributed by atoms with Gasteiger partial charge < -0.3 is 14.0 Å². The van der Waals surface area contributed by atoms with Crippen molar-refractivity contribution in [2.75, 3.05) is 26.3 Å². The molecule has 0 bridgehead atoms. The van der Waals surface area contributed by atoms with Crippen LogP contribution in [0, 0.1) is 18.8 Å². The number of Topliss-reactive ketones (excluding diaryl/α,β-unsaturated/α-hetero) is 1. The van der Waals surface area contributed by atoms with E-state index in [1.807, 2.05) is 0 Å². The first-order valence-corrected chi connectivity index (χ1v) is 12.8. The number of nitrogens with zero attached hydrogens (tertiary/aromatic N) is 3. The molecule has 7 nitrogen and oxygen atoms in total. The molecule has 2 aromatic rings. The van der Waals surface area contributed by atoms with Gasteiger partial charge >= 0.3 is 0 Å². The minimum atomic E-state index is -2.85. The highest BCUT2D eigenvalue weighted by molar-refractivity contribution is 7.13. The van der Waals surface area contributed by atoms with E-state index in [2.05, 4.69) is 15.0 Å². The topological polar surface area (TPSA) is 77.7 Å². The van der Waals surface area contributed by atoms with Gasteiger partial charge in [0, 0.05) is 37.4 Å². The second-order valence-electron chi connectivity index (χ2n) is 9.72. The van der Waals surface area contributed by atoms with Gasteiger partial charge in [-0.2, -0.15) is 0 Å². The van der Waals surface area contributed by atoms with Crippen molar-refractivity contribution >= 4 is 17.1 Å². The Hall–Kier alpha value is -2.07. The Morgan fingerprint density at radius 3 is 2.74 bits per heavy atom. The van der Waals surface area contributed by atoms with Gasteiger partial charge in [-0.15, -0.1) is 0 Å². The van der Waals surface area contributed by atoms with Crippen molar-refractivity contribution < 1.29 is 27.6 Å². The van der Waals surface area contributed by atoms with Crippen molar-refractivity contribution in [2.45, 2.75) is 71.3 Å². The molecule has 1 saturated carbocycles. The summed E-state index contributed by atoms with van der Waals surface area (Å²) >= 11 is 1.39. The van der Waals surface area contributed by atoms with Crippen LogP contribution in [-0.2, 0) is 17.8 Å². The fourth-order valence-electron chi connectivity index (χ4n) is 4.71. The van der Waals surface area contributed by atoms with E-state index in [0.717, 1.165) is 75.7 Å². The van der Waals surface area contributed by atoms with E-state index in [0.29, 0.717) is 35.1 Å². The summed E-state index contributed by atoms with van der Waals surface area (Å²) in [6.45, 7) is 4.79. The molecule has 0 N–H and O–H groups in total. The Labute approximate surface area is 202 Å². The van der Waals surface area contributed by atoms with Crippen molar-refractivity contribution in [3.05, 3.63) is 22.4 Å². The van der Waals surface area contributed by atoms with Gasteiger partial charge in [-0.05, 0) is 56.1 Å². The van der Waals surface area contributed by atoms with E-state index < -0.39 is 12.5 Å². The zero-order valence-corrected chi connectivity index (χ0v) is 20.7. The number of hydrogen-bond acceptors (Lipinski definition) is 8. The van der Waals surface area contributed by atoms with E-state index in [4.69, 9.17) is 14.0 Å². The Kier molecular flexibility index (Phi) is 8.18. The lowest BCUT2D eigenvalue weighted by molar-refractivity contribution is -0.122.